The fraction of sp³-hybridized carbons (Fsp3) is 0.742. The van der Waals surface area contributed by atoms with Crippen molar-refractivity contribution in [2.24, 2.45) is 0 Å². The number of aliphatic hydroxyl groups is 5. The van der Waals surface area contributed by atoms with Gasteiger partial charge in [0.2, 0.25) is 5.91 Å². The summed E-state index contributed by atoms with van der Waals surface area (Å²) >= 11 is 0. The highest BCUT2D eigenvalue weighted by molar-refractivity contribution is 5.80. The van der Waals surface area contributed by atoms with Crippen LogP contribution in [0.1, 0.15) is 233 Å². The molecule has 0 radical (unpaired) electrons. The minimum absolute atomic E-state index is 0.111. The lowest BCUT2D eigenvalue weighted by Crippen LogP contribution is -2.61. The molecule has 11 nitrogen and oxygen atoms in total. The Morgan fingerprint density at radius 2 is 0.986 bits per heavy atom. The second-order valence-corrected chi connectivity index (χ2v) is 20.0. The first-order chi connectivity index (χ1) is 35.7. The van der Waals surface area contributed by atoms with Gasteiger partial charge >= 0.3 is 5.97 Å². The lowest BCUT2D eigenvalue weighted by atomic mass is 9.99. The van der Waals surface area contributed by atoms with Gasteiger partial charge in [-0.05, 0) is 96.3 Å². The van der Waals surface area contributed by atoms with Gasteiger partial charge in [-0.1, -0.05) is 215 Å². The Labute approximate surface area is 444 Å². The summed E-state index contributed by atoms with van der Waals surface area (Å²) in [6.07, 6.45) is 53.4. The van der Waals surface area contributed by atoms with Crippen LogP contribution in [0.5, 0.6) is 0 Å². The van der Waals surface area contributed by atoms with E-state index in [-0.39, 0.29) is 19.4 Å². The van der Waals surface area contributed by atoms with Gasteiger partial charge in [-0.2, -0.15) is 0 Å². The summed E-state index contributed by atoms with van der Waals surface area (Å²) in [6, 6.07) is -1.05. The number of nitrogens with one attached hydrogen (secondary N) is 1. The zero-order valence-corrected chi connectivity index (χ0v) is 46.2. The third-order valence-electron chi connectivity index (χ3n) is 13.3. The molecule has 6 N–H and O–H groups in total. The summed E-state index contributed by atoms with van der Waals surface area (Å²) in [5.41, 5.74) is 0. The first-order valence-corrected chi connectivity index (χ1v) is 29.4. The zero-order chi connectivity index (χ0) is 53.3. The number of allylic oxidation sites excluding steroid dienone is 13. The smallest absolute Gasteiger partial charge is 0.306 e. The van der Waals surface area contributed by atoms with E-state index in [1.165, 1.54) is 83.5 Å². The molecule has 1 heterocycles. The van der Waals surface area contributed by atoms with E-state index in [0.29, 0.717) is 12.8 Å². The number of carbonyl (C=O) groups excluding carboxylic acids is 2. The molecule has 0 spiro atoms. The maximum Gasteiger partial charge on any atom is 0.306 e. The van der Waals surface area contributed by atoms with E-state index in [2.05, 4.69) is 99.0 Å². The average molecular weight is 1030 g/mol. The molecule has 0 aromatic heterocycles. The fourth-order valence-electron chi connectivity index (χ4n) is 8.61. The largest absolute Gasteiger partial charge is 0.454 e. The van der Waals surface area contributed by atoms with Crippen molar-refractivity contribution in [3.63, 3.8) is 0 Å². The van der Waals surface area contributed by atoms with Crippen LogP contribution in [0.3, 0.4) is 0 Å². The van der Waals surface area contributed by atoms with Gasteiger partial charge < -0.3 is 45.1 Å². The molecule has 8 unspecified atom stereocenters. The van der Waals surface area contributed by atoms with Crippen molar-refractivity contribution < 1.29 is 49.3 Å². The number of amides is 1. The number of rotatable bonds is 48. The van der Waals surface area contributed by atoms with Crippen LogP contribution in [0.4, 0.5) is 0 Å². The number of esters is 1. The van der Waals surface area contributed by atoms with Crippen molar-refractivity contribution in [3.05, 3.63) is 85.1 Å². The Kier molecular flexibility index (Phi) is 46.2. The standard InChI is InChI=1S/C62H107NO10/c1-4-7-10-13-16-19-22-24-26-27-28-30-31-34-37-40-43-46-49-55(66)61(70)63-53(54(65)48-45-42-39-36-33-21-18-15-12-9-6-3)52-71-62-60(59(69)58(68)56(51-64)72-62)73-57(67)50-47-44-41-38-35-32-29-25-23-20-17-14-11-8-5-2/h7,10,16,19-20,23-24,26,28,30,34,37,45,48,53-56,58-60,62,64-66,68-69H,4-6,8-9,11-15,17-18,21-22,25,27,29,31-33,35-36,38-44,46-47,49-52H2,1-3H3,(H,63,70)/b10-7-,19-16-,23-20-,26-24-,30-28-,37-34-,48-45+. The minimum atomic E-state index is -1.62. The summed E-state index contributed by atoms with van der Waals surface area (Å²) in [4.78, 5) is 26.5. The number of unbranched alkanes of at least 4 members (excludes halogenated alkanes) is 22. The van der Waals surface area contributed by atoms with Crippen molar-refractivity contribution in [1.82, 2.24) is 5.32 Å². The predicted octanol–water partition coefficient (Wildman–Crippen LogP) is 13.4. The van der Waals surface area contributed by atoms with Crippen LogP contribution in [0.2, 0.25) is 0 Å². The zero-order valence-electron chi connectivity index (χ0n) is 46.2. The lowest BCUT2D eigenvalue weighted by Gasteiger charge is -2.41. The number of hydrogen-bond donors (Lipinski definition) is 6. The Bertz CT molecular complexity index is 1510. The summed E-state index contributed by atoms with van der Waals surface area (Å²) in [6.45, 7) is 5.61. The molecule has 8 atom stereocenters. The van der Waals surface area contributed by atoms with E-state index in [1.807, 2.05) is 6.08 Å². The summed E-state index contributed by atoms with van der Waals surface area (Å²) in [7, 11) is 0. The van der Waals surface area contributed by atoms with Crippen molar-refractivity contribution >= 4 is 11.9 Å². The van der Waals surface area contributed by atoms with Crippen LogP contribution in [-0.4, -0.2) is 99.6 Å². The second kappa shape index (κ2) is 49.7. The van der Waals surface area contributed by atoms with Gasteiger partial charge in [-0.3, -0.25) is 9.59 Å². The molecule has 1 saturated heterocycles. The molecule has 1 fully saturated rings. The summed E-state index contributed by atoms with van der Waals surface area (Å²) in [5, 5.41) is 56.8. The maximum absolute atomic E-state index is 13.4. The van der Waals surface area contributed by atoms with E-state index < -0.39 is 67.4 Å². The van der Waals surface area contributed by atoms with Gasteiger partial charge in [-0.25, -0.2) is 0 Å². The van der Waals surface area contributed by atoms with Gasteiger partial charge in [0, 0.05) is 6.42 Å². The molecular weight excluding hydrogens is 919 g/mol. The molecule has 0 aromatic carbocycles. The number of hydrogen-bond acceptors (Lipinski definition) is 10. The fourth-order valence-corrected chi connectivity index (χ4v) is 8.61. The van der Waals surface area contributed by atoms with Crippen molar-refractivity contribution in [2.45, 2.75) is 282 Å². The number of carbonyl (C=O) groups is 2. The van der Waals surface area contributed by atoms with Gasteiger partial charge in [-0.15, -0.1) is 0 Å². The molecule has 1 aliphatic heterocycles. The van der Waals surface area contributed by atoms with Crippen molar-refractivity contribution in [2.75, 3.05) is 13.2 Å². The second-order valence-electron chi connectivity index (χ2n) is 20.0. The Morgan fingerprint density at radius 1 is 0.548 bits per heavy atom. The third-order valence-corrected chi connectivity index (χ3v) is 13.3. The number of aliphatic hydroxyl groups excluding tert-OH is 5. The minimum Gasteiger partial charge on any atom is -0.454 e. The Morgan fingerprint density at radius 3 is 1.51 bits per heavy atom. The first-order valence-electron chi connectivity index (χ1n) is 29.4. The first kappa shape index (κ1) is 67.9. The van der Waals surface area contributed by atoms with E-state index in [0.717, 1.165) is 103 Å². The topological polar surface area (TPSA) is 175 Å². The van der Waals surface area contributed by atoms with Crippen LogP contribution < -0.4 is 5.32 Å². The highest BCUT2D eigenvalue weighted by Crippen LogP contribution is 2.26. The quantitative estimate of drug-likeness (QED) is 0.0195. The van der Waals surface area contributed by atoms with E-state index >= 15 is 0 Å². The molecule has 0 aromatic rings. The van der Waals surface area contributed by atoms with Crippen LogP contribution >= 0.6 is 0 Å². The number of ether oxygens (including phenoxy) is 3. The van der Waals surface area contributed by atoms with E-state index in [4.69, 9.17) is 14.2 Å². The van der Waals surface area contributed by atoms with Gasteiger partial charge in [0.1, 0.15) is 24.4 Å². The van der Waals surface area contributed by atoms with E-state index in [9.17, 15) is 35.1 Å². The molecule has 0 saturated carbocycles. The molecule has 11 heteroatoms. The molecule has 0 bridgehead atoms. The van der Waals surface area contributed by atoms with Crippen molar-refractivity contribution in [1.29, 1.82) is 0 Å². The van der Waals surface area contributed by atoms with Crippen molar-refractivity contribution in [3.8, 4) is 0 Å². The SMILES string of the molecule is CC/C=C\C/C=C\C/C=C\C/C=C\C/C=C\CCCCC(O)C(=O)NC(COC1OC(CO)C(O)C(O)C1OC(=O)CCCCCCCCC/C=C\CCCCCC)C(O)/C=C/CCCCCCCCCCC. The molecule has 420 valence electrons. The molecular formula is C62H107NO10. The molecule has 1 amide bonds. The lowest BCUT2D eigenvalue weighted by molar-refractivity contribution is -0.305. The normalized spacial score (nSPS) is 20.0. The maximum atomic E-state index is 13.4. The van der Waals surface area contributed by atoms with Crippen LogP contribution in [-0.2, 0) is 23.8 Å². The van der Waals surface area contributed by atoms with Gasteiger partial charge in [0.25, 0.3) is 0 Å². The third kappa shape index (κ3) is 38.1. The van der Waals surface area contributed by atoms with Crippen LogP contribution in [0.25, 0.3) is 0 Å². The summed E-state index contributed by atoms with van der Waals surface area (Å²) < 4.78 is 17.6. The average Bonchev–Trinajstić information content (AvgIpc) is 3.39. The predicted molar refractivity (Wildman–Crippen MR) is 301 cm³/mol. The Hall–Kier alpha value is -3.16. The van der Waals surface area contributed by atoms with Gasteiger partial charge in [0.15, 0.2) is 12.4 Å². The molecule has 0 aliphatic carbocycles. The monoisotopic (exact) mass is 1030 g/mol. The van der Waals surface area contributed by atoms with E-state index in [1.54, 1.807) is 6.08 Å². The van der Waals surface area contributed by atoms with Crippen LogP contribution in [0, 0.1) is 0 Å². The molecule has 1 rings (SSSR count). The Balaban J connectivity index is 2.74. The molecule has 73 heavy (non-hydrogen) atoms. The highest BCUT2D eigenvalue weighted by Gasteiger charge is 2.47. The molecule has 1 aliphatic rings. The highest BCUT2D eigenvalue weighted by atomic mass is 16.7. The summed E-state index contributed by atoms with van der Waals surface area (Å²) in [5.74, 6) is -1.24. The van der Waals surface area contributed by atoms with Crippen LogP contribution in [0.15, 0.2) is 85.1 Å². The van der Waals surface area contributed by atoms with Gasteiger partial charge in [0.05, 0.1) is 25.4 Å².